The van der Waals surface area contributed by atoms with Crippen molar-refractivity contribution in [1.82, 2.24) is 0 Å². The van der Waals surface area contributed by atoms with Gasteiger partial charge in [-0.3, -0.25) is 14.4 Å². The van der Waals surface area contributed by atoms with Crippen LogP contribution in [0.2, 0.25) is 0 Å². The van der Waals surface area contributed by atoms with Gasteiger partial charge in [-0.1, -0.05) is 182 Å². The molecule has 0 N–H and O–H groups in total. The van der Waals surface area contributed by atoms with Gasteiger partial charge in [0.15, 0.2) is 6.10 Å². The van der Waals surface area contributed by atoms with Crippen molar-refractivity contribution >= 4 is 17.9 Å². The summed E-state index contributed by atoms with van der Waals surface area (Å²) >= 11 is 0. The fourth-order valence-electron chi connectivity index (χ4n) is 5.92. The van der Waals surface area contributed by atoms with Gasteiger partial charge in [0, 0.05) is 19.3 Å². The van der Waals surface area contributed by atoms with E-state index >= 15 is 0 Å². The normalized spacial score (nSPS) is 11.9. The van der Waals surface area contributed by atoms with E-state index in [0.29, 0.717) is 19.3 Å². The van der Waals surface area contributed by atoms with E-state index in [4.69, 9.17) is 14.2 Å². The molecule has 6 heteroatoms. The second kappa shape index (κ2) is 35.7. The van der Waals surface area contributed by atoms with Gasteiger partial charge < -0.3 is 14.2 Å². The zero-order valence-electron chi connectivity index (χ0n) is 31.7. The lowest BCUT2D eigenvalue weighted by atomic mass is 10.0. The first-order chi connectivity index (χ1) is 22.9. The van der Waals surface area contributed by atoms with Crippen molar-refractivity contribution in [2.24, 2.45) is 5.92 Å². The van der Waals surface area contributed by atoms with Crippen LogP contribution in [0.4, 0.5) is 0 Å². The van der Waals surface area contributed by atoms with Crippen LogP contribution < -0.4 is 0 Å². The van der Waals surface area contributed by atoms with Crippen molar-refractivity contribution in [2.75, 3.05) is 13.2 Å². The van der Waals surface area contributed by atoms with Crippen molar-refractivity contribution in [1.29, 1.82) is 0 Å². The number of rotatable bonds is 36. The van der Waals surface area contributed by atoms with Crippen LogP contribution >= 0.6 is 0 Å². The molecule has 0 aliphatic heterocycles. The van der Waals surface area contributed by atoms with E-state index in [1.165, 1.54) is 116 Å². The fraction of sp³-hybridized carbons (Fsp3) is 0.927. The monoisotopic (exact) mass is 667 g/mol. The molecule has 0 aromatic heterocycles. The van der Waals surface area contributed by atoms with E-state index < -0.39 is 6.10 Å². The SMILES string of the molecule is CCCCCCCCCCCCC(=O)OC[C@@H](COC(=O)CCCCCCCCCC(C)C)OC(=O)CCCCCCCCCCC. The molecule has 1 atom stereocenters. The maximum atomic E-state index is 12.6. The Balaban J connectivity index is 4.34. The van der Waals surface area contributed by atoms with E-state index in [0.717, 1.165) is 63.7 Å². The Morgan fingerprint density at radius 2 is 0.702 bits per heavy atom. The highest BCUT2D eigenvalue weighted by atomic mass is 16.6. The summed E-state index contributed by atoms with van der Waals surface area (Å²) in [6.45, 7) is 8.89. The van der Waals surface area contributed by atoms with Gasteiger partial charge in [-0.25, -0.2) is 0 Å². The van der Waals surface area contributed by atoms with Gasteiger partial charge in [0.05, 0.1) is 0 Å². The average Bonchev–Trinajstić information content (AvgIpc) is 3.05. The molecular formula is C41H78O6. The third-order valence-electron chi connectivity index (χ3n) is 9.04. The topological polar surface area (TPSA) is 78.9 Å². The molecule has 0 radical (unpaired) electrons. The summed E-state index contributed by atoms with van der Waals surface area (Å²) in [7, 11) is 0. The van der Waals surface area contributed by atoms with Crippen molar-refractivity contribution < 1.29 is 28.6 Å². The van der Waals surface area contributed by atoms with E-state index in [1.54, 1.807) is 0 Å². The number of carbonyl (C=O) groups is 3. The molecular weight excluding hydrogens is 588 g/mol. The Morgan fingerprint density at radius 1 is 0.404 bits per heavy atom. The van der Waals surface area contributed by atoms with Crippen molar-refractivity contribution in [2.45, 2.75) is 226 Å². The summed E-state index contributed by atoms with van der Waals surface area (Å²) in [6, 6.07) is 0. The molecule has 0 aliphatic rings. The zero-order chi connectivity index (χ0) is 34.6. The third kappa shape index (κ3) is 35.5. The van der Waals surface area contributed by atoms with Gasteiger partial charge in [-0.05, 0) is 25.2 Å². The minimum atomic E-state index is -0.757. The molecule has 47 heavy (non-hydrogen) atoms. The number of carbonyl (C=O) groups excluding carboxylic acids is 3. The number of hydrogen-bond acceptors (Lipinski definition) is 6. The predicted octanol–water partition coefficient (Wildman–Crippen LogP) is 12.4. The Labute approximate surface area is 291 Å². The molecule has 0 aliphatic carbocycles. The summed E-state index contributed by atoms with van der Waals surface area (Å²) in [5.74, 6) is -0.0860. The molecule has 0 unspecified atom stereocenters. The van der Waals surface area contributed by atoms with Crippen molar-refractivity contribution in [3.63, 3.8) is 0 Å². The molecule has 0 saturated heterocycles. The second-order valence-electron chi connectivity index (χ2n) is 14.4. The molecule has 0 amide bonds. The van der Waals surface area contributed by atoms with Crippen molar-refractivity contribution in [3.05, 3.63) is 0 Å². The first kappa shape index (κ1) is 45.4. The first-order valence-electron chi connectivity index (χ1n) is 20.4. The number of unbranched alkanes of at least 4 members (excludes halogenated alkanes) is 23. The van der Waals surface area contributed by atoms with E-state index in [-0.39, 0.29) is 31.1 Å². The maximum Gasteiger partial charge on any atom is 0.306 e. The third-order valence-corrected chi connectivity index (χ3v) is 9.04. The number of esters is 3. The number of hydrogen-bond donors (Lipinski definition) is 0. The van der Waals surface area contributed by atoms with Gasteiger partial charge in [-0.15, -0.1) is 0 Å². The fourth-order valence-corrected chi connectivity index (χ4v) is 5.92. The maximum absolute atomic E-state index is 12.6. The van der Waals surface area contributed by atoms with Crippen LogP contribution in [0, 0.1) is 5.92 Å². The zero-order valence-corrected chi connectivity index (χ0v) is 31.7. The molecule has 6 nitrogen and oxygen atoms in total. The molecule has 0 aromatic rings. The average molecular weight is 667 g/mol. The van der Waals surface area contributed by atoms with Crippen LogP contribution in [-0.4, -0.2) is 37.2 Å². The Bertz CT molecular complexity index is 706. The van der Waals surface area contributed by atoms with Crippen LogP contribution in [0.25, 0.3) is 0 Å². The molecule has 278 valence electrons. The Hall–Kier alpha value is -1.59. The molecule has 0 fully saturated rings. The second-order valence-corrected chi connectivity index (χ2v) is 14.4. The Kier molecular flexibility index (Phi) is 34.5. The highest BCUT2D eigenvalue weighted by molar-refractivity contribution is 5.71. The smallest absolute Gasteiger partial charge is 0.306 e. The van der Waals surface area contributed by atoms with Gasteiger partial charge in [-0.2, -0.15) is 0 Å². The van der Waals surface area contributed by atoms with Gasteiger partial charge in [0.1, 0.15) is 13.2 Å². The molecule has 0 aromatic carbocycles. The van der Waals surface area contributed by atoms with Gasteiger partial charge in [0.25, 0.3) is 0 Å². The lowest BCUT2D eigenvalue weighted by Gasteiger charge is -2.18. The predicted molar refractivity (Wildman–Crippen MR) is 196 cm³/mol. The van der Waals surface area contributed by atoms with Crippen molar-refractivity contribution in [3.8, 4) is 0 Å². The summed E-state index contributed by atoms with van der Waals surface area (Å²) in [5.41, 5.74) is 0. The first-order valence-corrected chi connectivity index (χ1v) is 20.4. The molecule has 0 bridgehead atoms. The van der Waals surface area contributed by atoms with Crippen LogP contribution in [0.3, 0.4) is 0 Å². The van der Waals surface area contributed by atoms with Crippen LogP contribution in [0.5, 0.6) is 0 Å². The highest BCUT2D eigenvalue weighted by Gasteiger charge is 2.19. The summed E-state index contributed by atoms with van der Waals surface area (Å²) in [5, 5.41) is 0. The lowest BCUT2D eigenvalue weighted by molar-refractivity contribution is -0.167. The minimum Gasteiger partial charge on any atom is -0.462 e. The largest absolute Gasteiger partial charge is 0.462 e. The molecule has 0 heterocycles. The minimum absolute atomic E-state index is 0.0653. The van der Waals surface area contributed by atoms with Gasteiger partial charge in [0.2, 0.25) is 0 Å². The Morgan fingerprint density at radius 3 is 1.04 bits per heavy atom. The van der Waals surface area contributed by atoms with Gasteiger partial charge >= 0.3 is 17.9 Å². The lowest BCUT2D eigenvalue weighted by Crippen LogP contribution is -2.30. The van der Waals surface area contributed by atoms with Crippen LogP contribution in [-0.2, 0) is 28.6 Å². The summed E-state index contributed by atoms with van der Waals surface area (Å²) in [6.07, 6.45) is 32.4. The summed E-state index contributed by atoms with van der Waals surface area (Å²) < 4.78 is 16.6. The summed E-state index contributed by atoms with van der Waals surface area (Å²) in [4.78, 5) is 37.4. The van der Waals surface area contributed by atoms with Crippen LogP contribution in [0.1, 0.15) is 220 Å². The van der Waals surface area contributed by atoms with E-state index in [1.807, 2.05) is 0 Å². The molecule has 0 spiro atoms. The van der Waals surface area contributed by atoms with Crippen LogP contribution in [0.15, 0.2) is 0 Å². The molecule has 0 saturated carbocycles. The standard InChI is InChI=1S/C41H78O6/c1-5-7-9-11-13-15-17-20-24-28-32-39(42)45-35-38(47-41(44)34-30-26-21-16-14-12-10-8-6-2)36-46-40(43)33-29-25-22-18-19-23-27-31-37(3)4/h37-38H,5-36H2,1-4H3/t38-/m0/s1. The number of ether oxygens (including phenoxy) is 3. The highest BCUT2D eigenvalue weighted by Crippen LogP contribution is 2.15. The van der Waals surface area contributed by atoms with E-state index in [9.17, 15) is 14.4 Å². The van der Waals surface area contributed by atoms with E-state index in [2.05, 4.69) is 27.7 Å². The molecule has 0 rings (SSSR count). The quantitative estimate of drug-likeness (QED) is 0.0376.